The maximum Gasteiger partial charge on any atom is 0.244 e. The molecule has 1 unspecified atom stereocenters. The van der Waals surface area contributed by atoms with Crippen molar-refractivity contribution in [3.63, 3.8) is 0 Å². The van der Waals surface area contributed by atoms with Crippen molar-refractivity contribution >= 4 is 44.8 Å². The van der Waals surface area contributed by atoms with E-state index in [-0.39, 0.29) is 15.8 Å². The van der Waals surface area contributed by atoms with Gasteiger partial charge in [0.15, 0.2) is 5.82 Å². The average molecular weight is 347 g/mol. The summed E-state index contributed by atoms with van der Waals surface area (Å²) >= 11 is 17.0. The fourth-order valence-corrected chi connectivity index (χ4v) is 4.49. The van der Waals surface area contributed by atoms with Gasteiger partial charge in [0, 0.05) is 19.0 Å². The Morgan fingerprint density at radius 1 is 1.37 bits per heavy atom. The Balaban J connectivity index is 2.38. The van der Waals surface area contributed by atoms with Crippen LogP contribution in [0.4, 0.5) is 4.39 Å². The summed E-state index contributed by atoms with van der Waals surface area (Å²) < 4.78 is 39.6. The molecule has 0 N–H and O–H groups in total. The molecule has 8 heteroatoms. The maximum atomic E-state index is 13.6. The summed E-state index contributed by atoms with van der Waals surface area (Å²) in [4.78, 5) is -0.258. The first kappa shape index (κ1) is 15.3. The summed E-state index contributed by atoms with van der Waals surface area (Å²) in [6.07, 6.45) is 0.691. The smallest absolute Gasteiger partial charge is 0.207 e. The van der Waals surface area contributed by atoms with Gasteiger partial charge in [0.05, 0.1) is 10.0 Å². The predicted octanol–water partition coefficient (Wildman–Crippen LogP) is 3.38. The van der Waals surface area contributed by atoms with Crippen molar-refractivity contribution in [2.75, 3.05) is 19.0 Å². The van der Waals surface area contributed by atoms with E-state index in [4.69, 9.17) is 34.8 Å². The first-order chi connectivity index (χ1) is 8.87. The Labute approximate surface area is 126 Å². The Hall–Kier alpha value is -0.0700. The van der Waals surface area contributed by atoms with Crippen molar-refractivity contribution in [1.29, 1.82) is 0 Å². The van der Waals surface area contributed by atoms with E-state index in [1.165, 1.54) is 16.4 Å². The number of hydrogen-bond acceptors (Lipinski definition) is 2. The van der Waals surface area contributed by atoms with E-state index in [9.17, 15) is 12.8 Å². The van der Waals surface area contributed by atoms with Gasteiger partial charge in [-0.05, 0) is 24.5 Å². The van der Waals surface area contributed by atoms with E-state index < -0.39 is 20.9 Å². The molecule has 0 spiro atoms. The molecule has 1 heterocycles. The van der Waals surface area contributed by atoms with Gasteiger partial charge in [-0.2, -0.15) is 4.31 Å². The van der Waals surface area contributed by atoms with Crippen molar-refractivity contribution in [3.05, 3.63) is 28.0 Å². The second kappa shape index (κ2) is 5.74. The minimum absolute atomic E-state index is 0.118. The Bertz CT molecular complexity index is 594. The lowest BCUT2D eigenvalue weighted by atomic mass is 10.2. The van der Waals surface area contributed by atoms with E-state index >= 15 is 0 Å². The highest BCUT2D eigenvalue weighted by molar-refractivity contribution is 7.89. The topological polar surface area (TPSA) is 37.4 Å². The van der Waals surface area contributed by atoms with Gasteiger partial charge in [0.1, 0.15) is 4.90 Å². The fraction of sp³-hybridized carbons (Fsp3) is 0.455. The maximum absolute atomic E-state index is 13.6. The molecule has 0 aliphatic carbocycles. The first-order valence-electron chi connectivity index (χ1n) is 5.57. The summed E-state index contributed by atoms with van der Waals surface area (Å²) in [6, 6.07) is 2.40. The number of sulfonamides is 1. The molecule has 0 radical (unpaired) electrons. The van der Waals surface area contributed by atoms with Crippen molar-refractivity contribution in [1.82, 2.24) is 4.31 Å². The van der Waals surface area contributed by atoms with Gasteiger partial charge in [0.2, 0.25) is 10.0 Å². The molecule has 2 rings (SSSR count). The van der Waals surface area contributed by atoms with Crippen LogP contribution >= 0.6 is 34.8 Å². The van der Waals surface area contributed by atoms with Crippen LogP contribution in [0.1, 0.15) is 6.42 Å². The Morgan fingerprint density at radius 3 is 2.63 bits per heavy atom. The largest absolute Gasteiger partial charge is 0.244 e. The highest BCUT2D eigenvalue weighted by atomic mass is 35.5. The van der Waals surface area contributed by atoms with E-state index in [1.807, 2.05) is 0 Å². The third kappa shape index (κ3) is 2.85. The third-order valence-corrected chi connectivity index (χ3v) is 6.20. The normalized spacial score (nSPS) is 20.9. The molecule has 0 saturated carbocycles. The predicted molar refractivity (Wildman–Crippen MR) is 74.0 cm³/mol. The number of hydrogen-bond donors (Lipinski definition) is 0. The van der Waals surface area contributed by atoms with Gasteiger partial charge < -0.3 is 0 Å². The molecule has 1 aliphatic rings. The lowest BCUT2D eigenvalue weighted by Gasteiger charge is -2.17. The van der Waals surface area contributed by atoms with Crippen LogP contribution in [0.3, 0.4) is 0 Å². The molecule has 3 nitrogen and oxygen atoms in total. The number of halogens is 4. The molecule has 1 aromatic rings. The molecule has 19 heavy (non-hydrogen) atoms. The van der Waals surface area contributed by atoms with Gasteiger partial charge >= 0.3 is 0 Å². The molecule has 1 fully saturated rings. The second-order valence-electron chi connectivity index (χ2n) is 4.35. The van der Waals surface area contributed by atoms with Gasteiger partial charge in [-0.3, -0.25) is 0 Å². The van der Waals surface area contributed by atoms with Crippen molar-refractivity contribution in [3.8, 4) is 0 Å². The van der Waals surface area contributed by atoms with Crippen LogP contribution in [0, 0.1) is 11.7 Å². The molecule has 1 atom stereocenters. The van der Waals surface area contributed by atoms with Gasteiger partial charge in [-0.1, -0.05) is 23.2 Å². The van der Waals surface area contributed by atoms with E-state index in [0.29, 0.717) is 25.4 Å². The van der Waals surface area contributed by atoms with Crippen LogP contribution < -0.4 is 0 Å². The van der Waals surface area contributed by atoms with Crippen LogP contribution in [0.2, 0.25) is 10.0 Å². The molecule has 1 aliphatic heterocycles. The number of alkyl halides is 1. The van der Waals surface area contributed by atoms with Crippen LogP contribution in [-0.4, -0.2) is 31.7 Å². The van der Waals surface area contributed by atoms with Crippen molar-refractivity contribution in [2.45, 2.75) is 11.3 Å². The van der Waals surface area contributed by atoms with Gasteiger partial charge in [-0.15, -0.1) is 11.6 Å². The molecule has 0 bridgehead atoms. The number of nitrogens with zero attached hydrogens (tertiary/aromatic N) is 1. The highest BCUT2D eigenvalue weighted by Gasteiger charge is 2.34. The summed E-state index contributed by atoms with van der Waals surface area (Å²) in [5.41, 5.74) is 0. The zero-order chi connectivity index (χ0) is 14.2. The van der Waals surface area contributed by atoms with E-state index in [0.717, 1.165) is 0 Å². The van der Waals surface area contributed by atoms with Crippen LogP contribution in [0.25, 0.3) is 0 Å². The zero-order valence-corrected chi connectivity index (χ0v) is 12.8. The van der Waals surface area contributed by atoms with Gasteiger partial charge in [-0.25, -0.2) is 12.8 Å². The monoisotopic (exact) mass is 345 g/mol. The van der Waals surface area contributed by atoms with E-state index in [2.05, 4.69) is 0 Å². The lowest BCUT2D eigenvalue weighted by Crippen LogP contribution is -2.29. The number of rotatable bonds is 3. The minimum Gasteiger partial charge on any atom is -0.207 e. The highest BCUT2D eigenvalue weighted by Crippen LogP contribution is 2.33. The van der Waals surface area contributed by atoms with Crippen LogP contribution in [-0.2, 0) is 10.0 Å². The Kier molecular flexibility index (Phi) is 4.63. The summed E-state index contributed by atoms with van der Waals surface area (Å²) in [6.45, 7) is 0.687. The van der Waals surface area contributed by atoms with Gasteiger partial charge in [0.25, 0.3) is 0 Å². The second-order valence-corrected chi connectivity index (χ2v) is 7.35. The molecule has 0 amide bonds. The third-order valence-electron chi connectivity index (χ3n) is 3.08. The fourth-order valence-electron chi connectivity index (χ4n) is 1.99. The minimum atomic E-state index is -3.81. The van der Waals surface area contributed by atoms with Crippen LogP contribution in [0.15, 0.2) is 17.0 Å². The average Bonchev–Trinajstić information content (AvgIpc) is 2.85. The Morgan fingerprint density at radius 2 is 2.05 bits per heavy atom. The molecule has 106 valence electrons. The quantitative estimate of drug-likeness (QED) is 0.621. The lowest BCUT2D eigenvalue weighted by molar-refractivity contribution is 0.464. The van der Waals surface area contributed by atoms with Crippen molar-refractivity contribution in [2.24, 2.45) is 5.92 Å². The standard InChI is InChI=1S/C11H11Cl3FNO2S/c12-5-7-3-4-16(6-7)19(17,18)9-2-1-8(13)11(15)10(9)14/h1-2,7H,3-6H2. The zero-order valence-electron chi connectivity index (χ0n) is 9.74. The number of benzene rings is 1. The van der Waals surface area contributed by atoms with E-state index in [1.54, 1.807) is 0 Å². The van der Waals surface area contributed by atoms with Crippen LogP contribution in [0.5, 0.6) is 0 Å². The molecular formula is C11H11Cl3FNO2S. The molecule has 0 aromatic heterocycles. The first-order valence-corrected chi connectivity index (χ1v) is 8.30. The summed E-state index contributed by atoms with van der Waals surface area (Å²) in [5, 5.41) is -0.675. The molecule has 1 aromatic carbocycles. The molecule has 1 saturated heterocycles. The molecular weight excluding hydrogens is 336 g/mol. The van der Waals surface area contributed by atoms with Crippen molar-refractivity contribution < 1.29 is 12.8 Å². The SMILES string of the molecule is O=S(=O)(c1ccc(Cl)c(F)c1Cl)N1CCC(CCl)C1. The summed E-state index contributed by atoms with van der Waals surface area (Å²) in [5.74, 6) is -0.404. The summed E-state index contributed by atoms with van der Waals surface area (Å²) in [7, 11) is -3.81.